The molecule has 0 spiro atoms. The highest BCUT2D eigenvalue weighted by Gasteiger charge is 2.46. The molecular formula is C15H28N2O. The predicted octanol–water partition coefficient (Wildman–Crippen LogP) is 1.57. The van der Waals surface area contributed by atoms with Gasteiger partial charge in [-0.15, -0.1) is 0 Å². The van der Waals surface area contributed by atoms with Crippen molar-refractivity contribution in [2.45, 2.75) is 44.6 Å². The van der Waals surface area contributed by atoms with E-state index in [9.17, 15) is 0 Å². The van der Waals surface area contributed by atoms with Crippen molar-refractivity contribution >= 4 is 0 Å². The standard InChI is InChI=1S/C15H28N2O/c18-9-5-1-3-7-16-10-13-11-17-8-4-2-6-15(17)14(13)12-16/h13-15,18H,1-12H2. The summed E-state index contributed by atoms with van der Waals surface area (Å²) in [6.07, 6.45) is 7.80. The largest absolute Gasteiger partial charge is 0.396 e. The zero-order valence-corrected chi connectivity index (χ0v) is 11.6. The molecule has 0 saturated carbocycles. The van der Waals surface area contributed by atoms with E-state index in [2.05, 4.69) is 9.80 Å². The van der Waals surface area contributed by atoms with Gasteiger partial charge in [0.15, 0.2) is 0 Å². The number of piperidine rings is 1. The van der Waals surface area contributed by atoms with Gasteiger partial charge in [0.25, 0.3) is 0 Å². The number of nitrogens with zero attached hydrogens (tertiary/aromatic N) is 2. The van der Waals surface area contributed by atoms with Crippen LogP contribution in [0.25, 0.3) is 0 Å². The van der Waals surface area contributed by atoms with Gasteiger partial charge in [-0.2, -0.15) is 0 Å². The van der Waals surface area contributed by atoms with Gasteiger partial charge in [0.2, 0.25) is 0 Å². The summed E-state index contributed by atoms with van der Waals surface area (Å²) >= 11 is 0. The number of hydrogen-bond acceptors (Lipinski definition) is 3. The molecule has 0 radical (unpaired) electrons. The van der Waals surface area contributed by atoms with Gasteiger partial charge in [-0.1, -0.05) is 6.42 Å². The van der Waals surface area contributed by atoms with Crippen molar-refractivity contribution in [2.75, 3.05) is 39.3 Å². The molecule has 104 valence electrons. The summed E-state index contributed by atoms with van der Waals surface area (Å²) in [7, 11) is 0. The van der Waals surface area contributed by atoms with Crippen LogP contribution in [0.3, 0.4) is 0 Å². The highest BCUT2D eigenvalue weighted by Crippen LogP contribution is 2.40. The third-order valence-corrected chi connectivity index (χ3v) is 5.33. The smallest absolute Gasteiger partial charge is 0.0431 e. The first kappa shape index (κ1) is 12.9. The van der Waals surface area contributed by atoms with Crippen molar-refractivity contribution in [1.29, 1.82) is 0 Å². The molecule has 3 heterocycles. The Kier molecular flexibility index (Phi) is 4.22. The van der Waals surface area contributed by atoms with Crippen LogP contribution in [0.1, 0.15) is 38.5 Å². The van der Waals surface area contributed by atoms with E-state index in [4.69, 9.17) is 5.11 Å². The van der Waals surface area contributed by atoms with Crippen LogP contribution in [-0.4, -0.2) is 60.3 Å². The number of aliphatic hydroxyl groups excluding tert-OH is 1. The van der Waals surface area contributed by atoms with Gasteiger partial charge in [0.05, 0.1) is 0 Å². The van der Waals surface area contributed by atoms with Crippen molar-refractivity contribution in [3.05, 3.63) is 0 Å². The summed E-state index contributed by atoms with van der Waals surface area (Å²) in [6, 6.07) is 0.922. The summed E-state index contributed by atoms with van der Waals surface area (Å²) in [6.45, 7) is 7.07. The summed E-state index contributed by atoms with van der Waals surface area (Å²) in [5, 5.41) is 8.80. The molecule has 3 aliphatic rings. The van der Waals surface area contributed by atoms with Gasteiger partial charge in [0, 0.05) is 32.3 Å². The Morgan fingerprint density at radius 2 is 1.94 bits per heavy atom. The first-order valence-corrected chi connectivity index (χ1v) is 7.96. The van der Waals surface area contributed by atoms with Crippen molar-refractivity contribution in [2.24, 2.45) is 11.8 Å². The summed E-state index contributed by atoms with van der Waals surface area (Å²) in [5.41, 5.74) is 0. The predicted molar refractivity (Wildman–Crippen MR) is 73.6 cm³/mol. The Labute approximate surface area is 111 Å². The van der Waals surface area contributed by atoms with Gasteiger partial charge < -0.3 is 10.0 Å². The van der Waals surface area contributed by atoms with Gasteiger partial charge in [-0.05, 0) is 57.0 Å². The van der Waals surface area contributed by atoms with E-state index < -0.39 is 0 Å². The zero-order valence-electron chi connectivity index (χ0n) is 11.6. The number of hydrogen-bond donors (Lipinski definition) is 1. The fraction of sp³-hybridized carbons (Fsp3) is 1.00. The van der Waals surface area contributed by atoms with Crippen molar-refractivity contribution in [3.8, 4) is 0 Å². The lowest BCUT2D eigenvalue weighted by Gasteiger charge is -2.33. The number of likely N-dealkylation sites (tertiary alicyclic amines) is 1. The summed E-state index contributed by atoms with van der Waals surface area (Å²) in [5.74, 6) is 1.94. The second-order valence-electron chi connectivity index (χ2n) is 6.53. The highest BCUT2D eigenvalue weighted by atomic mass is 16.2. The quantitative estimate of drug-likeness (QED) is 0.752. The van der Waals surface area contributed by atoms with Crippen LogP contribution in [-0.2, 0) is 0 Å². The molecular weight excluding hydrogens is 224 g/mol. The highest BCUT2D eigenvalue weighted by molar-refractivity contribution is 5.00. The molecule has 3 fully saturated rings. The summed E-state index contributed by atoms with van der Waals surface area (Å²) in [4.78, 5) is 5.47. The molecule has 3 nitrogen and oxygen atoms in total. The molecule has 0 aromatic heterocycles. The average molecular weight is 252 g/mol. The van der Waals surface area contributed by atoms with Crippen LogP contribution < -0.4 is 0 Å². The van der Waals surface area contributed by atoms with Crippen molar-refractivity contribution in [1.82, 2.24) is 9.80 Å². The van der Waals surface area contributed by atoms with Gasteiger partial charge >= 0.3 is 0 Å². The van der Waals surface area contributed by atoms with Crippen LogP contribution in [0.15, 0.2) is 0 Å². The van der Waals surface area contributed by atoms with Crippen molar-refractivity contribution < 1.29 is 5.11 Å². The lowest BCUT2D eigenvalue weighted by molar-refractivity contribution is 0.153. The minimum absolute atomic E-state index is 0.363. The topological polar surface area (TPSA) is 26.7 Å². The number of rotatable bonds is 5. The Hall–Kier alpha value is -0.120. The zero-order chi connectivity index (χ0) is 12.4. The molecule has 3 heteroatoms. The number of aliphatic hydroxyl groups is 1. The van der Waals surface area contributed by atoms with E-state index in [0.717, 1.165) is 24.3 Å². The van der Waals surface area contributed by atoms with E-state index >= 15 is 0 Å². The van der Waals surface area contributed by atoms with Gasteiger partial charge in [0.1, 0.15) is 0 Å². The van der Waals surface area contributed by atoms with E-state index in [1.807, 2.05) is 0 Å². The van der Waals surface area contributed by atoms with Gasteiger partial charge in [-0.25, -0.2) is 0 Å². The number of fused-ring (bicyclic) bond motifs is 3. The fourth-order valence-corrected chi connectivity index (χ4v) is 4.45. The third kappa shape index (κ3) is 2.59. The first-order valence-electron chi connectivity index (χ1n) is 7.96. The Morgan fingerprint density at radius 3 is 2.83 bits per heavy atom. The van der Waals surface area contributed by atoms with E-state index in [1.165, 1.54) is 64.8 Å². The minimum Gasteiger partial charge on any atom is -0.396 e. The second-order valence-corrected chi connectivity index (χ2v) is 6.53. The Balaban J connectivity index is 1.45. The van der Waals surface area contributed by atoms with Crippen molar-refractivity contribution in [3.63, 3.8) is 0 Å². The Bertz CT molecular complexity index is 271. The average Bonchev–Trinajstić information content (AvgIpc) is 2.91. The third-order valence-electron chi connectivity index (χ3n) is 5.33. The van der Waals surface area contributed by atoms with Crippen LogP contribution >= 0.6 is 0 Å². The maximum absolute atomic E-state index is 8.80. The molecule has 1 N–H and O–H groups in total. The van der Waals surface area contributed by atoms with Crippen LogP contribution in [0.4, 0.5) is 0 Å². The molecule has 3 unspecified atom stereocenters. The maximum atomic E-state index is 8.80. The Morgan fingerprint density at radius 1 is 1.00 bits per heavy atom. The normalized spacial score (nSPS) is 36.8. The second kappa shape index (κ2) is 5.89. The van der Waals surface area contributed by atoms with Gasteiger partial charge in [-0.3, -0.25) is 4.90 Å². The molecule has 3 aliphatic heterocycles. The lowest BCUT2D eigenvalue weighted by Crippen LogP contribution is -2.39. The SMILES string of the molecule is OCCCCCN1CC2CN3CCCCC3C2C1. The van der Waals surface area contributed by atoms with E-state index in [0.29, 0.717) is 6.61 Å². The van der Waals surface area contributed by atoms with Crippen LogP contribution in [0.5, 0.6) is 0 Å². The monoisotopic (exact) mass is 252 g/mol. The van der Waals surface area contributed by atoms with E-state index in [1.54, 1.807) is 0 Å². The molecule has 3 rings (SSSR count). The lowest BCUT2D eigenvalue weighted by atomic mass is 9.90. The molecule has 0 amide bonds. The first-order chi connectivity index (χ1) is 8.88. The maximum Gasteiger partial charge on any atom is 0.0431 e. The molecule has 0 aromatic carbocycles. The fourth-order valence-electron chi connectivity index (χ4n) is 4.45. The van der Waals surface area contributed by atoms with Crippen LogP contribution in [0.2, 0.25) is 0 Å². The molecule has 0 aliphatic carbocycles. The summed E-state index contributed by atoms with van der Waals surface area (Å²) < 4.78 is 0. The molecule has 0 bridgehead atoms. The number of unbranched alkanes of at least 4 members (excludes halogenated alkanes) is 2. The molecule has 0 aromatic rings. The minimum atomic E-state index is 0.363. The molecule has 3 saturated heterocycles. The van der Waals surface area contributed by atoms with E-state index in [-0.39, 0.29) is 0 Å². The molecule has 18 heavy (non-hydrogen) atoms. The van der Waals surface area contributed by atoms with Crippen LogP contribution in [0, 0.1) is 11.8 Å². The molecule has 3 atom stereocenters.